The minimum absolute atomic E-state index is 0.235. The third kappa shape index (κ3) is 4.87. The minimum Gasteiger partial charge on any atom is -0.296 e. The van der Waals surface area contributed by atoms with Crippen molar-refractivity contribution in [3.05, 3.63) is 132 Å². The van der Waals surface area contributed by atoms with Gasteiger partial charge in [0, 0.05) is 17.0 Å². The number of thiophene rings is 1. The van der Waals surface area contributed by atoms with Gasteiger partial charge in [-0.25, -0.2) is 9.59 Å². The fraction of sp³-hybridized carbons (Fsp3) is 0.161. The number of H-pyrrole nitrogens is 1. The first kappa shape index (κ1) is 25.5. The van der Waals surface area contributed by atoms with Gasteiger partial charge < -0.3 is 0 Å². The molecule has 0 atom stereocenters. The summed E-state index contributed by atoms with van der Waals surface area (Å²) in [5.41, 5.74) is 4.03. The smallest absolute Gasteiger partial charge is 0.296 e. The molecule has 6 rings (SSSR count). The highest BCUT2D eigenvalue weighted by Gasteiger charge is 2.17. The Hall–Kier alpha value is -4.76. The Labute approximate surface area is 232 Å². The molecule has 0 fully saturated rings. The molecule has 3 aromatic carbocycles. The van der Waals surface area contributed by atoms with E-state index in [2.05, 4.69) is 10.1 Å². The monoisotopic (exact) mass is 550 g/mol. The van der Waals surface area contributed by atoms with Crippen LogP contribution < -0.4 is 17.0 Å². The molecule has 0 aliphatic rings. The molecule has 200 valence electrons. The molecule has 0 spiro atoms. The number of hydrogen-bond acceptors (Lipinski definition) is 6. The number of rotatable bonds is 8. The zero-order valence-corrected chi connectivity index (χ0v) is 22.6. The Kier molecular flexibility index (Phi) is 6.88. The number of nitrogens with zero attached hydrogens (tertiary/aromatic N) is 3. The van der Waals surface area contributed by atoms with Crippen LogP contribution in [0.1, 0.15) is 22.9 Å². The van der Waals surface area contributed by atoms with Crippen LogP contribution in [0.3, 0.4) is 0 Å². The second-order valence-electron chi connectivity index (χ2n) is 9.53. The maximum absolute atomic E-state index is 13.7. The van der Waals surface area contributed by atoms with Crippen molar-refractivity contribution in [2.45, 2.75) is 32.9 Å². The summed E-state index contributed by atoms with van der Waals surface area (Å²) in [4.78, 5) is 43.0. The van der Waals surface area contributed by atoms with Crippen molar-refractivity contribution in [3.63, 3.8) is 0 Å². The highest BCUT2D eigenvalue weighted by molar-refractivity contribution is 7.18. The lowest BCUT2D eigenvalue weighted by atomic mass is 9.98. The van der Waals surface area contributed by atoms with Crippen LogP contribution in [0.25, 0.3) is 32.7 Å². The molecule has 0 saturated carbocycles. The summed E-state index contributed by atoms with van der Waals surface area (Å²) in [5, 5.41) is 4.42. The van der Waals surface area contributed by atoms with E-state index in [-0.39, 0.29) is 11.2 Å². The van der Waals surface area contributed by atoms with E-state index in [1.54, 1.807) is 4.57 Å². The molecule has 0 bridgehead atoms. The van der Waals surface area contributed by atoms with Gasteiger partial charge >= 0.3 is 11.4 Å². The number of nitrogens with one attached hydrogen (secondary N) is 1. The Morgan fingerprint density at radius 2 is 1.57 bits per heavy atom. The highest BCUT2D eigenvalue weighted by atomic mass is 32.1. The van der Waals surface area contributed by atoms with Crippen molar-refractivity contribution in [2.24, 2.45) is 0 Å². The zero-order valence-electron chi connectivity index (χ0n) is 21.8. The Morgan fingerprint density at radius 1 is 0.850 bits per heavy atom. The van der Waals surface area contributed by atoms with Crippen molar-refractivity contribution < 1.29 is 4.52 Å². The lowest BCUT2D eigenvalue weighted by molar-refractivity contribution is 0.388. The average Bonchev–Trinajstić information content (AvgIpc) is 3.63. The molecule has 9 heteroatoms. The molecular weight excluding hydrogens is 524 g/mol. The second kappa shape index (κ2) is 10.8. The normalized spacial score (nSPS) is 11.3. The Morgan fingerprint density at radius 3 is 2.27 bits per heavy atom. The molecular formula is C31H26N4O4S. The van der Waals surface area contributed by atoms with Gasteiger partial charge in [-0.15, -0.1) is 11.3 Å². The topological polar surface area (TPSA) is 103 Å². The van der Waals surface area contributed by atoms with Crippen LogP contribution in [0.4, 0.5) is 0 Å². The molecule has 1 N–H and O–H groups in total. The lowest BCUT2D eigenvalue weighted by Crippen LogP contribution is -2.40. The number of fused-ring (bicyclic) bond motifs is 1. The third-order valence-corrected chi connectivity index (χ3v) is 8.29. The van der Waals surface area contributed by atoms with Gasteiger partial charge in [0.1, 0.15) is 4.83 Å². The highest BCUT2D eigenvalue weighted by Crippen LogP contribution is 2.30. The molecule has 0 amide bonds. The van der Waals surface area contributed by atoms with Crippen LogP contribution in [0, 0.1) is 0 Å². The first-order valence-corrected chi connectivity index (χ1v) is 13.9. The predicted octanol–water partition coefficient (Wildman–Crippen LogP) is 5.09. The predicted molar refractivity (Wildman–Crippen MR) is 157 cm³/mol. The van der Waals surface area contributed by atoms with Crippen LogP contribution in [0.5, 0.6) is 0 Å². The fourth-order valence-electron chi connectivity index (χ4n) is 4.91. The van der Waals surface area contributed by atoms with Crippen molar-refractivity contribution in [1.29, 1.82) is 0 Å². The van der Waals surface area contributed by atoms with E-state index in [9.17, 15) is 14.4 Å². The molecule has 8 nitrogen and oxygen atoms in total. The van der Waals surface area contributed by atoms with E-state index in [0.717, 1.165) is 39.1 Å². The first-order valence-electron chi connectivity index (χ1n) is 13.1. The van der Waals surface area contributed by atoms with E-state index in [4.69, 9.17) is 4.52 Å². The number of hydrogen-bond donors (Lipinski definition) is 1. The van der Waals surface area contributed by atoms with Crippen molar-refractivity contribution in [2.75, 3.05) is 0 Å². The Balaban J connectivity index is 1.36. The van der Waals surface area contributed by atoms with E-state index >= 15 is 0 Å². The number of aromatic nitrogens is 4. The van der Waals surface area contributed by atoms with Gasteiger partial charge in [-0.1, -0.05) is 90.9 Å². The van der Waals surface area contributed by atoms with Gasteiger partial charge in [0.05, 0.1) is 11.9 Å². The summed E-state index contributed by atoms with van der Waals surface area (Å²) in [6.07, 6.45) is 1.39. The quantitative estimate of drug-likeness (QED) is 0.284. The van der Waals surface area contributed by atoms with Gasteiger partial charge in [-0.3, -0.25) is 23.4 Å². The van der Waals surface area contributed by atoms with Crippen LogP contribution in [0.2, 0.25) is 0 Å². The molecule has 0 aliphatic heterocycles. The number of benzene rings is 3. The van der Waals surface area contributed by atoms with Gasteiger partial charge in [0.15, 0.2) is 5.82 Å². The van der Waals surface area contributed by atoms with E-state index in [0.29, 0.717) is 35.6 Å². The van der Waals surface area contributed by atoms with Crippen molar-refractivity contribution >= 4 is 21.6 Å². The maximum Gasteiger partial charge on any atom is 0.439 e. The van der Waals surface area contributed by atoms with Gasteiger partial charge in [-0.2, -0.15) is 0 Å². The molecule has 0 saturated heterocycles. The minimum atomic E-state index is -0.609. The molecule has 6 aromatic rings. The molecule has 3 heterocycles. The summed E-state index contributed by atoms with van der Waals surface area (Å²) in [6.45, 7) is 2.70. The molecule has 0 aliphatic carbocycles. The molecule has 3 aromatic heterocycles. The summed E-state index contributed by atoms with van der Waals surface area (Å²) in [5.74, 6) is -0.248. The first-order chi connectivity index (χ1) is 19.5. The molecule has 0 radical (unpaired) electrons. The summed E-state index contributed by atoms with van der Waals surface area (Å²) < 4.78 is 7.78. The van der Waals surface area contributed by atoms with Gasteiger partial charge in [-0.05, 0) is 41.2 Å². The van der Waals surface area contributed by atoms with Crippen LogP contribution >= 0.6 is 11.3 Å². The maximum atomic E-state index is 13.7. The number of aromatic amines is 1. The Bertz CT molecular complexity index is 1980. The SMILES string of the molecule is CCc1cc2c(=O)n(CCc3ccccc3)c(=O)n(Cc3ccc(-c4ccccc4-c4noc(=O)[nH]4)cc3)c2s1. The molecule has 40 heavy (non-hydrogen) atoms. The second-order valence-corrected chi connectivity index (χ2v) is 10.6. The average molecular weight is 551 g/mol. The number of aryl methyl sites for hydroxylation is 2. The van der Waals surface area contributed by atoms with Gasteiger partial charge in [0.2, 0.25) is 0 Å². The standard InChI is InChI=1S/C31H26N4O4S/c1-2-23-18-26-28(36)34(17-16-20-8-4-3-5-9-20)31(38)35(29(26)40-23)19-21-12-14-22(15-13-21)24-10-6-7-11-25(24)27-32-30(37)39-33-27/h3-15,18H,2,16-17,19H2,1H3,(H,32,33,37). The zero-order chi connectivity index (χ0) is 27.6. The van der Waals surface area contributed by atoms with Crippen LogP contribution in [0.15, 0.2) is 104 Å². The fourth-order valence-corrected chi connectivity index (χ4v) is 5.98. The lowest BCUT2D eigenvalue weighted by Gasteiger charge is -2.13. The van der Waals surface area contributed by atoms with E-state index in [1.165, 1.54) is 15.9 Å². The summed E-state index contributed by atoms with van der Waals surface area (Å²) in [7, 11) is 0. The van der Waals surface area contributed by atoms with Gasteiger partial charge in [0.25, 0.3) is 5.56 Å². The summed E-state index contributed by atoms with van der Waals surface area (Å²) in [6, 6.07) is 27.3. The largest absolute Gasteiger partial charge is 0.439 e. The van der Waals surface area contributed by atoms with E-state index in [1.807, 2.05) is 91.9 Å². The van der Waals surface area contributed by atoms with Crippen LogP contribution in [-0.2, 0) is 25.9 Å². The van der Waals surface area contributed by atoms with Crippen molar-refractivity contribution in [1.82, 2.24) is 19.3 Å². The van der Waals surface area contributed by atoms with Crippen LogP contribution in [-0.4, -0.2) is 19.3 Å². The van der Waals surface area contributed by atoms with Crippen molar-refractivity contribution in [3.8, 4) is 22.5 Å². The molecule has 0 unspecified atom stereocenters. The summed E-state index contributed by atoms with van der Waals surface area (Å²) >= 11 is 1.50. The van der Waals surface area contributed by atoms with E-state index < -0.39 is 5.76 Å². The third-order valence-electron chi connectivity index (χ3n) is 6.99.